The maximum Gasteiger partial charge on any atom is 0.258 e. The van der Waals surface area contributed by atoms with Crippen molar-refractivity contribution in [1.82, 2.24) is 24.6 Å². The van der Waals surface area contributed by atoms with E-state index in [2.05, 4.69) is 19.7 Å². The Morgan fingerprint density at radius 2 is 1.88 bits per heavy atom. The minimum absolute atomic E-state index is 0.0582. The summed E-state index contributed by atoms with van der Waals surface area (Å²) in [5, 5.41) is 8.56. The van der Waals surface area contributed by atoms with Crippen molar-refractivity contribution >= 4 is 5.91 Å². The van der Waals surface area contributed by atoms with Gasteiger partial charge < -0.3 is 14.2 Å². The number of hydrogen-bond donors (Lipinski definition) is 0. The molecule has 1 amide bonds. The molecule has 0 bridgehead atoms. The van der Waals surface area contributed by atoms with E-state index in [1.54, 1.807) is 36.5 Å². The van der Waals surface area contributed by atoms with Gasteiger partial charge >= 0.3 is 0 Å². The molecule has 1 aliphatic rings. The predicted molar refractivity (Wildman–Crippen MR) is 91.0 cm³/mol. The molecule has 3 aromatic rings. The Morgan fingerprint density at radius 3 is 2.68 bits per heavy atom. The number of nitrogens with zero attached hydrogens (tertiary/aromatic N) is 5. The first kappa shape index (κ1) is 15.3. The van der Waals surface area contributed by atoms with Gasteiger partial charge in [-0.1, -0.05) is 12.1 Å². The van der Waals surface area contributed by atoms with Gasteiger partial charge in [0.15, 0.2) is 11.6 Å². The SMILES string of the molecule is COc1ccccc1C(=O)N1CCn2c(nnc2-c2ccncc2)C1. The summed E-state index contributed by atoms with van der Waals surface area (Å²) < 4.78 is 7.36. The van der Waals surface area contributed by atoms with E-state index in [1.807, 2.05) is 24.3 Å². The molecular formula is C18H17N5O2. The zero-order valence-electron chi connectivity index (χ0n) is 13.8. The van der Waals surface area contributed by atoms with Crippen molar-refractivity contribution in [3.05, 3.63) is 60.2 Å². The molecule has 0 N–H and O–H groups in total. The second kappa shape index (κ2) is 6.35. The van der Waals surface area contributed by atoms with Gasteiger partial charge in [0.1, 0.15) is 5.75 Å². The lowest BCUT2D eigenvalue weighted by Gasteiger charge is -2.28. The highest BCUT2D eigenvalue weighted by Gasteiger charge is 2.27. The number of carbonyl (C=O) groups is 1. The van der Waals surface area contributed by atoms with E-state index in [-0.39, 0.29) is 5.91 Å². The highest BCUT2D eigenvalue weighted by molar-refractivity contribution is 5.97. The van der Waals surface area contributed by atoms with Crippen LogP contribution in [0.3, 0.4) is 0 Å². The third-order valence-corrected chi connectivity index (χ3v) is 4.32. The monoisotopic (exact) mass is 335 g/mol. The summed E-state index contributed by atoms with van der Waals surface area (Å²) in [5.74, 6) is 2.11. The Kier molecular flexibility index (Phi) is 3.89. The maximum absolute atomic E-state index is 12.8. The molecule has 0 fully saturated rings. The van der Waals surface area contributed by atoms with Crippen molar-refractivity contribution < 1.29 is 9.53 Å². The Hall–Kier alpha value is -3.22. The first-order valence-corrected chi connectivity index (χ1v) is 8.02. The zero-order valence-corrected chi connectivity index (χ0v) is 13.8. The van der Waals surface area contributed by atoms with Crippen LogP contribution in [0.5, 0.6) is 5.75 Å². The highest BCUT2D eigenvalue weighted by Crippen LogP contribution is 2.24. The van der Waals surface area contributed by atoms with Crippen LogP contribution >= 0.6 is 0 Å². The summed E-state index contributed by atoms with van der Waals surface area (Å²) in [6.45, 7) is 1.68. The molecule has 0 atom stereocenters. The summed E-state index contributed by atoms with van der Waals surface area (Å²) in [6.07, 6.45) is 3.47. The van der Waals surface area contributed by atoms with E-state index in [0.717, 1.165) is 17.2 Å². The first-order chi connectivity index (χ1) is 12.3. The van der Waals surface area contributed by atoms with Gasteiger partial charge in [0, 0.05) is 31.0 Å². The Bertz CT molecular complexity index is 907. The van der Waals surface area contributed by atoms with Gasteiger partial charge in [0.25, 0.3) is 5.91 Å². The number of benzene rings is 1. The zero-order chi connectivity index (χ0) is 17.2. The molecule has 0 saturated heterocycles. The normalized spacial score (nSPS) is 13.4. The molecule has 7 nitrogen and oxygen atoms in total. The third-order valence-electron chi connectivity index (χ3n) is 4.32. The van der Waals surface area contributed by atoms with Crippen LogP contribution in [0.4, 0.5) is 0 Å². The number of carbonyl (C=O) groups excluding carboxylic acids is 1. The standard InChI is InChI=1S/C18H17N5O2/c1-25-15-5-3-2-4-14(15)18(24)22-10-11-23-16(12-22)20-21-17(23)13-6-8-19-9-7-13/h2-9H,10-12H2,1H3. The minimum atomic E-state index is -0.0582. The van der Waals surface area contributed by atoms with E-state index in [0.29, 0.717) is 30.9 Å². The molecule has 0 aliphatic carbocycles. The number of aromatic nitrogens is 4. The summed E-state index contributed by atoms with van der Waals surface area (Å²) >= 11 is 0. The quantitative estimate of drug-likeness (QED) is 0.732. The fourth-order valence-electron chi connectivity index (χ4n) is 3.04. The average Bonchev–Trinajstić information content (AvgIpc) is 3.11. The molecule has 25 heavy (non-hydrogen) atoms. The van der Waals surface area contributed by atoms with Gasteiger partial charge in [-0.3, -0.25) is 9.78 Å². The number of pyridine rings is 1. The van der Waals surface area contributed by atoms with E-state index in [1.165, 1.54) is 0 Å². The summed E-state index contributed by atoms with van der Waals surface area (Å²) in [5.41, 5.74) is 1.53. The third kappa shape index (κ3) is 2.73. The molecule has 0 saturated carbocycles. The second-order valence-electron chi connectivity index (χ2n) is 5.75. The van der Waals surface area contributed by atoms with Crippen LogP contribution in [0.2, 0.25) is 0 Å². The predicted octanol–water partition coefficient (Wildman–Crippen LogP) is 2.00. The molecular weight excluding hydrogens is 318 g/mol. The molecule has 1 aromatic carbocycles. The Labute approximate surface area is 144 Å². The number of amides is 1. The van der Waals surface area contributed by atoms with Gasteiger partial charge in [-0.25, -0.2) is 0 Å². The number of methoxy groups -OCH3 is 1. The molecule has 0 spiro atoms. The van der Waals surface area contributed by atoms with Crippen molar-refractivity contribution in [3.8, 4) is 17.1 Å². The van der Waals surface area contributed by atoms with Crippen molar-refractivity contribution in [3.63, 3.8) is 0 Å². The number of para-hydroxylation sites is 1. The molecule has 0 unspecified atom stereocenters. The lowest BCUT2D eigenvalue weighted by atomic mass is 10.1. The summed E-state index contributed by atoms with van der Waals surface area (Å²) in [6, 6.07) is 11.1. The van der Waals surface area contributed by atoms with Crippen LogP contribution in [-0.4, -0.2) is 44.2 Å². The van der Waals surface area contributed by atoms with Gasteiger partial charge in [0.05, 0.1) is 19.2 Å². The average molecular weight is 335 g/mol. The Balaban J connectivity index is 1.60. The lowest BCUT2D eigenvalue weighted by molar-refractivity contribution is 0.0704. The number of fused-ring (bicyclic) bond motifs is 1. The van der Waals surface area contributed by atoms with E-state index in [9.17, 15) is 4.79 Å². The highest BCUT2D eigenvalue weighted by atomic mass is 16.5. The Morgan fingerprint density at radius 1 is 1.08 bits per heavy atom. The van der Waals surface area contributed by atoms with Crippen LogP contribution in [-0.2, 0) is 13.1 Å². The van der Waals surface area contributed by atoms with Crippen LogP contribution < -0.4 is 4.74 Å². The van der Waals surface area contributed by atoms with E-state index in [4.69, 9.17) is 4.74 Å². The van der Waals surface area contributed by atoms with Crippen LogP contribution in [0.1, 0.15) is 16.2 Å². The van der Waals surface area contributed by atoms with Gasteiger partial charge in [-0.2, -0.15) is 0 Å². The molecule has 3 heterocycles. The minimum Gasteiger partial charge on any atom is -0.496 e. The molecule has 2 aromatic heterocycles. The topological polar surface area (TPSA) is 73.1 Å². The fourth-order valence-corrected chi connectivity index (χ4v) is 3.04. The second-order valence-corrected chi connectivity index (χ2v) is 5.75. The van der Waals surface area contributed by atoms with E-state index >= 15 is 0 Å². The molecule has 126 valence electrons. The number of hydrogen-bond acceptors (Lipinski definition) is 5. The molecule has 1 aliphatic heterocycles. The largest absolute Gasteiger partial charge is 0.496 e. The van der Waals surface area contributed by atoms with Gasteiger partial charge in [-0.05, 0) is 24.3 Å². The van der Waals surface area contributed by atoms with Gasteiger partial charge in [-0.15, -0.1) is 10.2 Å². The van der Waals surface area contributed by atoms with Crippen molar-refractivity contribution in [2.24, 2.45) is 0 Å². The van der Waals surface area contributed by atoms with E-state index < -0.39 is 0 Å². The van der Waals surface area contributed by atoms with Crippen molar-refractivity contribution in [1.29, 1.82) is 0 Å². The van der Waals surface area contributed by atoms with Crippen molar-refractivity contribution in [2.75, 3.05) is 13.7 Å². The first-order valence-electron chi connectivity index (χ1n) is 8.02. The lowest BCUT2D eigenvalue weighted by Crippen LogP contribution is -2.38. The van der Waals surface area contributed by atoms with Crippen molar-refractivity contribution in [2.45, 2.75) is 13.1 Å². The fraction of sp³-hybridized carbons (Fsp3) is 0.222. The molecule has 0 radical (unpaired) electrons. The van der Waals surface area contributed by atoms with Crippen LogP contribution in [0.25, 0.3) is 11.4 Å². The number of ether oxygens (including phenoxy) is 1. The summed E-state index contributed by atoms with van der Waals surface area (Å²) in [7, 11) is 1.57. The number of rotatable bonds is 3. The van der Waals surface area contributed by atoms with Crippen LogP contribution in [0, 0.1) is 0 Å². The molecule has 4 rings (SSSR count). The summed E-state index contributed by atoms with van der Waals surface area (Å²) in [4.78, 5) is 18.7. The van der Waals surface area contributed by atoms with Crippen LogP contribution in [0.15, 0.2) is 48.8 Å². The molecule has 7 heteroatoms. The maximum atomic E-state index is 12.8. The van der Waals surface area contributed by atoms with Gasteiger partial charge in [0.2, 0.25) is 0 Å². The smallest absolute Gasteiger partial charge is 0.258 e.